The largest absolute Gasteiger partial charge is 0.355 e. The minimum absolute atomic E-state index is 0.281. The fraction of sp³-hybridized carbons (Fsp3) is 0. The molecule has 1 amide bonds. The number of hydrogen-bond donors (Lipinski definition) is 2. The smallest absolute Gasteiger partial charge is 0.274 e. The summed E-state index contributed by atoms with van der Waals surface area (Å²) >= 11 is 5.87. The van der Waals surface area contributed by atoms with Crippen LogP contribution in [0.25, 0.3) is 0 Å². The normalized spacial score (nSPS) is 9.92. The highest BCUT2D eigenvalue weighted by Gasteiger charge is 2.09. The van der Waals surface area contributed by atoms with E-state index in [1.807, 2.05) is 18.2 Å². The summed E-state index contributed by atoms with van der Waals surface area (Å²) in [7, 11) is 0. The Kier molecular flexibility index (Phi) is 4.93. The van der Waals surface area contributed by atoms with Gasteiger partial charge in [0.2, 0.25) is 0 Å². The second kappa shape index (κ2) is 7.47. The quantitative estimate of drug-likeness (QED) is 0.722. The van der Waals surface area contributed by atoms with Crippen molar-refractivity contribution in [3.63, 3.8) is 0 Å². The third-order valence-corrected chi connectivity index (χ3v) is 3.65. The van der Waals surface area contributed by atoms with Crippen LogP contribution in [-0.2, 0) is 0 Å². The standard InChI is InChI=1S/C19H13ClN4O/c20-14-3-7-15(8-4-14)23-17-9-10-22-18(11-17)19(25)24-16-5-1-13(12-21)2-6-16/h1-11H,(H,22,23)(H,24,25). The molecule has 0 aliphatic rings. The molecule has 3 rings (SSSR count). The summed E-state index contributed by atoms with van der Waals surface area (Å²) < 4.78 is 0. The molecule has 0 atom stereocenters. The maximum absolute atomic E-state index is 12.3. The first-order chi connectivity index (χ1) is 12.1. The van der Waals surface area contributed by atoms with Crippen molar-refractivity contribution >= 4 is 34.6 Å². The molecule has 0 saturated heterocycles. The minimum atomic E-state index is -0.329. The van der Waals surface area contributed by atoms with Gasteiger partial charge in [-0.1, -0.05) is 11.6 Å². The third-order valence-electron chi connectivity index (χ3n) is 3.40. The van der Waals surface area contributed by atoms with E-state index in [0.29, 0.717) is 16.3 Å². The van der Waals surface area contributed by atoms with Crippen molar-refractivity contribution in [3.05, 3.63) is 83.1 Å². The summed E-state index contributed by atoms with van der Waals surface area (Å²) in [6.07, 6.45) is 1.56. The molecular formula is C19H13ClN4O. The molecule has 2 N–H and O–H groups in total. The number of nitrogens with zero attached hydrogens (tertiary/aromatic N) is 2. The molecule has 122 valence electrons. The fourth-order valence-corrected chi connectivity index (χ4v) is 2.28. The topological polar surface area (TPSA) is 77.8 Å². The highest BCUT2D eigenvalue weighted by Crippen LogP contribution is 2.19. The maximum Gasteiger partial charge on any atom is 0.274 e. The zero-order valence-electron chi connectivity index (χ0n) is 13.0. The Bertz CT molecular complexity index is 931. The highest BCUT2D eigenvalue weighted by atomic mass is 35.5. The average Bonchev–Trinajstić information content (AvgIpc) is 2.64. The molecule has 1 heterocycles. The number of pyridine rings is 1. The number of benzene rings is 2. The van der Waals surface area contributed by atoms with Crippen molar-refractivity contribution in [2.24, 2.45) is 0 Å². The van der Waals surface area contributed by atoms with Crippen LogP contribution in [0.2, 0.25) is 5.02 Å². The van der Waals surface area contributed by atoms with Gasteiger partial charge in [0, 0.05) is 28.3 Å². The molecule has 0 spiro atoms. The number of nitriles is 1. The van der Waals surface area contributed by atoms with Crippen molar-refractivity contribution in [1.82, 2.24) is 4.98 Å². The molecule has 0 radical (unpaired) electrons. The van der Waals surface area contributed by atoms with Crippen LogP contribution < -0.4 is 10.6 Å². The fourth-order valence-electron chi connectivity index (χ4n) is 2.16. The average molecular weight is 349 g/mol. The molecule has 5 nitrogen and oxygen atoms in total. The van der Waals surface area contributed by atoms with E-state index in [1.54, 1.807) is 54.7 Å². The summed E-state index contributed by atoms with van der Waals surface area (Å²) in [6, 6.07) is 19.3. The number of hydrogen-bond acceptors (Lipinski definition) is 4. The van der Waals surface area contributed by atoms with Gasteiger partial charge in [-0.05, 0) is 60.7 Å². The SMILES string of the molecule is N#Cc1ccc(NC(=O)c2cc(Nc3ccc(Cl)cc3)ccn2)cc1. The zero-order chi connectivity index (χ0) is 17.6. The Morgan fingerprint density at radius 3 is 2.32 bits per heavy atom. The van der Waals surface area contributed by atoms with E-state index in [0.717, 1.165) is 11.4 Å². The number of amides is 1. The molecule has 0 aliphatic heterocycles. The van der Waals surface area contributed by atoms with Gasteiger partial charge >= 0.3 is 0 Å². The lowest BCUT2D eigenvalue weighted by molar-refractivity contribution is 0.102. The molecule has 0 aliphatic carbocycles. The van der Waals surface area contributed by atoms with E-state index < -0.39 is 0 Å². The summed E-state index contributed by atoms with van der Waals surface area (Å²) in [5, 5.41) is 15.4. The van der Waals surface area contributed by atoms with Gasteiger partial charge in [-0.15, -0.1) is 0 Å². The van der Waals surface area contributed by atoms with E-state index in [4.69, 9.17) is 16.9 Å². The molecule has 0 fully saturated rings. The van der Waals surface area contributed by atoms with Crippen LogP contribution in [0.3, 0.4) is 0 Å². The van der Waals surface area contributed by atoms with E-state index >= 15 is 0 Å². The van der Waals surface area contributed by atoms with Gasteiger partial charge in [0.1, 0.15) is 5.69 Å². The van der Waals surface area contributed by atoms with Gasteiger partial charge in [0.05, 0.1) is 11.6 Å². The van der Waals surface area contributed by atoms with E-state index in [2.05, 4.69) is 15.6 Å². The Morgan fingerprint density at radius 1 is 0.960 bits per heavy atom. The molecule has 0 bridgehead atoms. The van der Waals surface area contributed by atoms with Crippen molar-refractivity contribution in [2.75, 3.05) is 10.6 Å². The first-order valence-corrected chi connectivity index (χ1v) is 7.82. The number of nitrogens with one attached hydrogen (secondary N) is 2. The summed E-state index contributed by atoms with van der Waals surface area (Å²) in [5.74, 6) is -0.329. The Labute approximate surface area is 149 Å². The number of carbonyl (C=O) groups excluding carboxylic acids is 1. The van der Waals surface area contributed by atoms with Gasteiger partial charge in [0.15, 0.2) is 0 Å². The lowest BCUT2D eigenvalue weighted by Gasteiger charge is -2.09. The second-order valence-corrected chi connectivity index (χ2v) is 5.64. The summed E-state index contributed by atoms with van der Waals surface area (Å²) in [5.41, 5.74) is 3.01. The zero-order valence-corrected chi connectivity index (χ0v) is 13.8. The van der Waals surface area contributed by atoms with Gasteiger partial charge < -0.3 is 10.6 Å². The molecule has 3 aromatic rings. The van der Waals surface area contributed by atoms with Crippen molar-refractivity contribution in [2.45, 2.75) is 0 Å². The van der Waals surface area contributed by atoms with Crippen LogP contribution in [0.4, 0.5) is 17.1 Å². The van der Waals surface area contributed by atoms with E-state index in [-0.39, 0.29) is 11.6 Å². The molecular weight excluding hydrogens is 336 g/mol. The first kappa shape index (κ1) is 16.5. The maximum atomic E-state index is 12.3. The Balaban J connectivity index is 1.72. The van der Waals surface area contributed by atoms with Crippen LogP contribution in [0.5, 0.6) is 0 Å². The van der Waals surface area contributed by atoms with Gasteiger partial charge in [-0.3, -0.25) is 9.78 Å². The van der Waals surface area contributed by atoms with Crippen LogP contribution >= 0.6 is 11.6 Å². The molecule has 0 saturated carbocycles. The van der Waals surface area contributed by atoms with E-state index in [1.165, 1.54) is 0 Å². The third kappa shape index (κ3) is 4.34. The first-order valence-electron chi connectivity index (χ1n) is 7.44. The van der Waals surface area contributed by atoms with Crippen LogP contribution in [0, 0.1) is 11.3 Å². The van der Waals surface area contributed by atoms with Crippen LogP contribution in [0.1, 0.15) is 16.1 Å². The monoisotopic (exact) mass is 348 g/mol. The summed E-state index contributed by atoms with van der Waals surface area (Å²) in [4.78, 5) is 16.4. The minimum Gasteiger partial charge on any atom is -0.355 e. The number of halogens is 1. The predicted octanol–water partition coefficient (Wildman–Crippen LogP) is 4.60. The van der Waals surface area contributed by atoms with Gasteiger partial charge in [-0.25, -0.2) is 0 Å². The highest BCUT2D eigenvalue weighted by molar-refractivity contribution is 6.30. The van der Waals surface area contributed by atoms with Crippen molar-refractivity contribution in [1.29, 1.82) is 5.26 Å². The lowest BCUT2D eigenvalue weighted by atomic mass is 10.2. The number of rotatable bonds is 4. The van der Waals surface area contributed by atoms with Gasteiger partial charge in [0.25, 0.3) is 5.91 Å². The molecule has 6 heteroatoms. The second-order valence-electron chi connectivity index (χ2n) is 5.20. The number of carbonyl (C=O) groups is 1. The van der Waals surface area contributed by atoms with Crippen molar-refractivity contribution in [3.8, 4) is 6.07 Å². The molecule has 0 unspecified atom stereocenters. The molecule has 25 heavy (non-hydrogen) atoms. The van der Waals surface area contributed by atoms with Gasteiger partial charge in [-0.2, -0.15) is 5.26 Å². The van der Waals surface area contributed by atoms with Crippen LogP contribution in [0.15, 0.2) is 66.9 Å². The van der Waals surface area contributed by atoms with E-state index in [9.17, 15) is 4.79 Å². The number of aromatic nitrogens is 1. The lowest BCUT2D eigenvalue weighted by Crippen LogP contribution is -2.13. The Hall–Kier alpha value is -3.36. The van der Waals surface area contributed by atoms with Crippen molar-refractivity contribution < 1.29 is 4.79 Å². The Morgan fingerprint density at radius 2 is 1.64 bits per heavy atom. The number of anilines is 3. The van der Waals surface area contributed by atoms with Crippen LogP contribution in [-0.4, -0.2) is 10.9 Å². The summed E-state index contributed by atoms with van der Waals surface area (Å²) in [6.45, 7) is 0. The molecule has 2 aromatic carbocycles. The molecule has 1 aromatic heterocycles. The predicted molar refractivity (Wildman–Crippen MR) is 98.1 cm³/mol.